The highest BCUT2D eigenvalue weighted by Gasteiger charge is 2.18. The van der Waals surface area contributed by atoms with E-state index in [-0.39, 0.29) is 25.4 Å². The number of aliphatic hydroxyl groups is 1. The first-order valence-electron chi connectivity index (χ1n) is 5.88. The first kappa shape index (κ1) is 14.8. The molecule has 0 spiro atoms. The fraction of sp³-hybridized carbons (Fsp3) is 0.273. The molecule has 0 saturated heterocycles. The maximum absolute atomic E-state index is 13.5. The van der Waals surface area contributed by atoms with Gasteiger partial charge in [-0.3, -0.25) is 10.1 Å². The molecule has 1 heterocycles. The lowest BCUT2D eigenvalue weighted by Crippen LogP contribution is -2.04. The number of aliphatic hydroxyl groups excluding tert-OH is 1. The number of nitro benzene ring substituents is 1. The fourth-order valence-corrected chi connectivity index (χ4v) is 1.63. The molecule has 2 N–H and O–H groups in total. The molecule has 0 atom stereocenters. The van der Waals surface area contributed by atoms with Crippen LogP contribution in [-0.2, 0) is 13.1 Å². The molecule has 0 aliphatic carbocycles. The Morgan fingerprint density at radius 3 is 2.81 bits per heavy atom. The van der Waals surface area contributed by atoms with Crippen molar-refractivity contribution in [1.29, 1.82) is 0 Å². The summed E-state index contributed by atoms with van der Waals surface area (Å²) in [5.74, 6) is -2.18. The molecule has 1 aromatic carbocycles. The van der Waals surface area contributed by atoms with Crippen LogP contribution in [0.3, 0.4) is 0 Å². The maximum Gasteiger partial charge on any atom is 0.307 e. The molecule has 2 aromatic rings. The number of nitrogens with zero attached hydrogens (tertiary/aromatic N) is 4. The largest absolute Gasteiger partial charge is 0.394 e. The van der Waals surface area contributed by atoms with Gasteiger partial charge in [0.1, 0.15) is 11.5 Å². The normalized spacial score (nSPS) is 10.6. The van der Waals surface area contributed by atoms with Gasteiger partial charge in [0.15, 0.2) is 0 Å². The minimum Gasteiger partial charge on any atom is -0.394 e. The molecule has 112 valence electrons. The summed E-state index contributed by atoms with van der Waals surface area (Å²) in [7, 11) is 0. The van der Waals surface area contributed by atoms with Crippen LogP contribution in [0.5, 0.6) is 0 Å². The Hall–Kier alpha value is -2.62. The third kappa shape index (κ3) is 3.48. The van der Waals surface area contributed by atoms with Gasteiger partial charge in [0, 0.05) is 12.1 Å². The molecule has 1 aromatic heterocycles. The zero-order valence-corrected chi connectivity index (χ0v) is 10.7. The van der Waals surface area contributed by atoms with E-state index in [0.717, 1.165) is 6.07 Å². The third-order valence-corrected chi connectivity index (χ3v) is 2.61. The SMILES string of the molecule is O=[N+]([O-])c1cc(NCc2cn(CCO)nn2)c(F)cc1F. The van der Waals surface area contributed by atoms with Crippen molar-refractivity contribution in [3.05, 3.63) is 45.8 Å². The Morgan fingerprint density at radius 1 is 1.38 bits per heavy atom. The van der Waals surface area contributed by atoms with Crippen molar-refractivity contribution in [2.75, 3.05) is 11.9 Å². The van der Waals surface area contributed by atoms with E-state index in [1.165, 1.54) is 10.9 Å². The minimum absolute atomic E-state index is 0.0468. The zero-order valence-electron chi connectivity index (χ0n) is 10.7. The lowest BCUT2D eigenvalue weighted by Gasteiger charge is -2.06. The van der Waals surface area contributed by atoms with Crippen molar-refractivity contribution < 1.29 is 18.8 Å². The van der Waals surface area contributed by atoms with Gasteiger partial charge < -0.3 is 10.4 Å². The van der Waals surface area contributed by atoms with E-state index in [4.69, 9.17) is 5.11 Å². The predicted molar refractivity (Wildman–Crippen MR) is 67.4 cm³/mol. The highest BCUT2D eigenvalue weighted by molar-refractivity contribution is 5.53. The van der Waals surface area contributed by atoms with E-state index in [2.05, 4.69) is 15.6 Å². The third-order valence-electron chi connectivity index (χ3n) is 2.61. The smallest absolute Gasteiger partial charge is 0.307 e. The molecule has 0 fully saturated rings. The first-order valence-corrected chi connectivity index (χ1v) is 5.88. The lowest BCUT2D eigenvalue weighted by molar-refractivity contribution is -0.387. The number of hydrogen-bond acceptors (Lipinski definition) is 6. The molecule has 21 heavy (non-hydrogen) atoms. The summed E-state index contributed by atoms with van der Waals surface area (Å²) in [6.45, 7) is 0.212. The van der Waals surface area contributed by atoms with Crippen LogP contribution in [0.2, 0.25) is 0 Å². The van der Waals surface area contributed by atoms with Gasteiger partial charge in [-0.05, 0) is 0 Å². The van der Waals surface area contributed by atoms with Gasteiger partial charge in [-0.2, -0.15) is 4.39 Å². The van der Waals surface area contributed by atoms with E-state index in [9.17, 15) is 18.9 Å². The van der Waals surface area contributed by atoms with Gasteiger partial charge in [0.2, 0.25) is 5.82 Å². The predicted octanol–water partition coefficient (Wildman–Crippen LogP) is 1.07. The Balaban J connectivity index is 2.11. The molecule has 2 rings (SSSR count). The van der Waals surface area contributed by atoms with Gasteiger partial charge in [0.05, 0.1) is 36.5 Å². The Morgan fingerprint density at radius 2 is 2.14 bits per heavy atom. The number of rotatable bonds is 6. The molecule has 0 unspecified atom stereocenters. The molecular weight excluding hydrogens is 288 g/mol. The Labute approximate surface area is 117 Å². The Kier molecular flexibility index (Phi) is 4.38. The molecule has 10 heteroatoms. The van der Waals surface area contributed by atoms with Crippen LogP contribution >= 0.6 is 0 Å². The van der Waals surface area contributed by atoms with Gasteiger partial charge in [0.25, 0.3) is 0 Å². The van der Waals surface area contributed by atoms with Crippen LogP contribution < -0.4 is 5.32 Å². The monoisotopic (exact) mass is 299 g/mol. The van der Waals surface area contributed by atoms with Crippen molar-refractivity contribution in [2.24, 2.45) is 0 Å². The van der Waals surface area contributed by atoms with Gasteiger partial charge in [-0.1, -0.05) is 5.21 Å². The number of nitro groups is 1. The minimum atomic E-state index is -1.24. The maximum atomic E-state index is 13.5. The number of anilines is 1. The van der Waals surface area contributed by atoms with Gasteiger partial charge in [-0.25, -0.2) is 9.07 Å². The second-order valence-electron chi connectivity index (χ2n) is 4.09. The average Bonchev–Trinajstić information content (AvgIpc) is 2.85. The second kappa shape index (κ2) is 6.22. The second-order valence-corrected chi connectivity index (χ2v) is 4.09. The van der Waals surface area contributed by atoms with Gasteiger partial charge >= 0.3 is 5.69 Å². The van der Waals surface area contributed by atoms with E-state index >= 15 is 0 Å². The van der Waals surface area contributed by atoms with Crippen LogP contribution in [0, 0.1) is 21.7 Å². The Bertz CT molecular complexity index is 661. The summed E-state index contributed by atoms with van der Waals surface area (Å²) in [6, 6.07) is 1.23. The molecule has 0 bridgehead atoms. The summed E-state index contributed by atoms with van der Waals surface area (Å²) in [5.41, 5.74) is -0.586. The molecule has 0 saturated carbocycles. The number of halogens is 2. The lowest BCUT2D eigenvalue weighted by atomic mass is 10.2. The van der Waals surface area contributed by atoms with Crippen molar-refractivity contribution in [3.8, 4) is 0 Å². The van der Waals surface area contributed by atoms with Crippen LogP contribution in [0.15, 0.2) is 18.3 Å². The summed E-state index contributed by atoms with van der Waals surface area (Å²) < 4.78 is 28.1. The highest BCUT2D eigenvalue weighted by Crippen LogP contribution is 2.25. The number of aromatic nitrogens is 3. The van der Waals surface area contributed by atoms with Crippen molar-refractivity contribution in [2.45, 2.75) is 13.1 Å². The van der Waals surface area contributed by atoms with Crippen LogP contribution in [0.1, 0.15) is 5.69 Å². The quantitative estimate of drug-likeness (QED) is 0.610. The molecule has 8 nitrogen and oxygen atoms in total. The molecular formula is C11H11F2N5O3. The van der Waals surface area contributed by atoms with Crippen LogP contribution in [0.4, 0.5) is 20.2 Å². The molecule has 0 aliphatic heterocycles. The van der Waals surface area contributed by atoms with Crippen LogP contribution in [0.25, 0.3) is 0 Å². The fourth-order valence-electron chi connectivity index (χ4n) is 1.63. The summed E-state index contributed by atoms with van der Waals surface area (Å²) >= 11 is 0. The average molecular weight is 299 g/mol. The van der Waals surface area contributed by atoms with Gasteiger partial charge in [-0.15, -0.1) is 5.10 Å². The van der Waals surface area contributed by atoms with E-state index in [1.54, 1.807) is 0 Å². The van der Waals surface area contributed by atoms with E-state index in [1.807, 2.05) is 0 Å². The number of benzene rings is 1. The standard InChI is InChI=1S/C11H11F2N5O3/c12-8-3-9(13)11(18(20)21)4-10(8)14-5-7-6-17(1-2-19)16-15-7/h3-4,6,14,19H,1-2,5H2. The van der Waals surface area contributed by atoms with Crippen molar-refractivity contribution >= 4 is 11.4 Å². The van der Waals surface area contributed by atoms with E-state index < -0.39 is 22.2 Å². The zero-order chi connectivity index (χ0) is 15.4. The highest BCUT2D eigenvalue weighted by atomic mass is 19.1. The first-order chi connectivity index (χ1) is 10.0. The van der Waals surface area contributed by atoms with Crippen LogP contribution in [-0.4, -0.2) is 31.6 Å². The number of nitrogens with one attached hydrogen (secondary N) is 1. The number of hydrogen-bond donors (Lipinski definition) is 2. The molecule has 0 amide bonds. The van der Waals surface area contributed by atoms with Crippen molar-refractivity contribution in [1.82, 2.24) is 15.0 Å². The summed E-state index contributed by atoms with van der Waals surface area (Å²) in [6.07, 6.45) is 1.53. The van der Waals surface area contributed by atoms with E-state index in [0.29, 0.717) is 11.8 Å². The topological polar surface area (TPSA) is 106 Å². The summed E-state index contributed by atoms with van der Waals surface area (Å²) in [5, 5.41) is 29.4. The molecule has 0 radical (unpaired) electrons. The van der Waals surface area contributed by atoms with Crippen molar-refractivity contribution in [3.63, 3.8) is 0 Å². The molecule has 0 aliphatic rings. The summed E-state index contributed by atoms with van der Waals surface area (Å²) in [4.78, 5) is 9.67.